The molecule has 0 saturated heterocycles. The molecule has 9 heteroatoms. The predicted molar refractivity (Wildman–Crippen MR) is 98.5 cm³/mol. The minimum Gasteiger partial charge on any atom is -0.497 e. The lowest BCUT2D eigenvalue weighted by atomic mass is 10.2. The van der Waals surface area contributed by atoms with Crippen molar-refractivity contribution < 1.29 is 19.1 Å². The number of rotatable bonds is 5. The lowest BCUT2D eigenvalue weighted by Gasteiger charge is -2.14. The number of benzene rings is 1. The molecule has 0 radical (unpaired) electrons. The monoisotopic (exact) mass is 446 g/mol. The first-order valence-electron chi connectivity index (χ1n) is 6.98. The number of nitrogens with zero attached hydrogens (tertiary/aromatic N) is 1. The van der Waals surface area contributed by atoms with Gasteiger partial charge in [-0.25, -0.2) is 9.78 Å². The maximum absolute atomic E-state index is 12.3. The van der Waals surface area contributed by atoms with Gasteiger partial charge < -0.3 is 14.8 Å². The molecule has 0 spiro atoms. The molecule has 0 aliphatic heterocycles. The van der Waals surface area contributed by atoms with E-state index in [1.165, 1.54) is 32.4 Å². The van der Waals surface area contributed by atoms with Crippen molar-refractivity contribution in [1.82, 2.24) is 4.98 Å². The van der Waals surface area contributed by atoms with Crippen LogP contribution in [-0.2, 0) is 9.53 Å². The van der Waals surface area contributed by atoms with Crippen molar-refractivity contribution in [3.05, 3.63) is 50.5 Å². The van der Waals surface area contributed by atoms with Crippen LogP contribution >= 0.6 is 39.1 Å². The van der Waals surface area contributed by atoms with Crippen molar-refractivity contribution in [3.63, 3.8) is 0 Å². The van der Waals surface area contributed by atoms with Crippen molar-refractivity contribution in [2.45, 2.75) is 13.0 Å². The summed E-state index contributed by atoms with van der Waals surface area (Å²) < 4.78 is 10.8. The Bertz CT molecular complexity index is 817. The zero-order valence-electron chi connectivity index (χ0n) is 13.2. The van der Waals surface area contributed by atoms with Crippen LogP contribution in [-0.4, -0.2) is 30.1 Å². The highest BCUT2D eigenvalue weighted by Gasteiger charge is 2.22. The van der Waals surface area contributed by atoms with Crippen LogP contribution in [0.15, 0.2) is 34.9 Å². The van der Waals surface area contributed by atoms with Crippen molar-refractivity contribution >= 4 is 56.8 Å². The molecule has 132 valence electrons. The molecule has 1 N–H and O–H groups in total. The van der Waals surface area contributed by atoms with Gasteiger partial charge in [-0.15, -0.1) is 0 Å². The SMILES string of the molecule is COc1ccc(Br)c(C(=O)OC(C)C(=O)Nc2ncc(Cl)cc2Cl)c1. The third-order valence-corrected chi connectivity index (χ3v) is 4.28. The average Bonchev–Trinajstić information content (AvgIpc) is 2.57. The topological polar surface area (TPSA) is 77.5 Å². The number of pyridine rings is 1. The van der Waals surface area contributed by atoms with Crippen LogP contribution in [0.4, 0.5) is 5.82 Å². The van der Waals surface area contributed by atoms with E-state index < -0.39 is 18.0 Å². The summed E-state index contributed by atoms with van der Waals surface area (Å²) in [6.45, 7) is 1.44. The number of nitrogens with one attached hydrogen (secondary N) is 1. The molecule has 1 atom stereocenters. The molecule has 0 bridgehead atoms. The number of anilines is 1. The molecule has 1 aromatic heterocycles. The van der Waals surface area contributed by atoms with Crippen molar-refractivity contribution in [3.8, 4) is 5.75 Å². The summed E-state index contributed by atoms with van der Waals surface area (Å²) in [5, 5.41) is 2.99. The highest BCUT2D eigenvalue weighted by molar-refractivity contribution is 9.10. The van der Waals surface area contributed by atoms with E-state index in [4.69, 9.17) is 32.7 Å². The zero-order valence-corrected chi connectivity index (χ0v) is 16.3. The van der Waals surface area contributed by atoms with E-state index in [1.807, 2.05) is 0 Å². The summed E-state index contributed by atoms with van der Waals surface area (Å²) in [7, 11) is 1.48. The molecule has 25 heavy (non-hydrogen) atoms. The maximum Gasteiger partial charge on any atom is 0.340 e. The van der Waals surface area contributed by atoms with Gasteiger partial charge in [0.05, 0.1) is 22.7 Å². The molecule has 0 aliphatic carbocycles. The fourth-order valence-electron chi connectivity index (χ4n) is 1.79. The van der Waals surface area contributed by atoms with Gasteiger partial charge in [0.25, 0.3) is 5.91 Å². The number of esters is 1. The Labute approximate surface area is 162 Å². The van der Waals surface area contributed by atoms with Gasteiger partial charge >= 0.3 is 5.97 Å². The predicted octanol–water partition coefficient (Wildman–Crippen LogP) is 4.34. The van der Waals surface area contributed by atoms with Crippen LogP contribution < -0.4 is 10.1 Å². The van der Waals surface area contributed by atoms with Gasteiger partial charge in [-0.3, -0.25) is 4.79 Å². The molecule has 1 heterocycles. The van der Waals surface area contributed by atoms with Crippen LogP contribution in [0.1, 0.15) is 17.3 Å². The Hall–Kier alpha value is -1.83. The highest BCUT2D eigenvalue weighted by Crippen LogP contribution is 2.25. The number of aromatic nitrogens is 1. The van der Waals surface area contributed by atoms with E-state index in [1.54, 1.807) is 12.1 Å². The minimum absolute atomic E-state index is 0.126. The van der Waals surface area contributed by atoms with Gasteiger partial charge in [0.2, 0.25) is 0 Å². The Balaban J connectivity index is 2.06. The maximum atomic E-state index is 12.3. The zero-order chi connectivity index (χ0) is 18.6. The highest BCUT2D eigenvalue weighted by atomic mass is 79.9. The fraction of sp³-hybridized carbons (Fsp3) is 0.188. The first kappa shape index (κ1) is 19.5. The molecule has 2 aromatic rings. The molecular weight excluding hydrogens is 435 g/mol. The summed E-state index contributed by atoms with van der Waals surface area (Å²) in [6, 6.07) is 6.28. The van der Waals surface area contributed by atoms with Crippen LogP contribution in [0, 0.1) is 0 Å². The van der Waals surface area contributed by atoms with E-state index in [0.717, 1.165) is 0 Å². The Morgan fingerprint density at radius 2 is 2.00 bits per heavy atom. The number of carbonyl (C=O) groups excluding carboxylic acids is 2. The van der Waals surface area contributed by atoms with Gasteiger partial charge in [-0.2, -0.15) is 0 Å². The van der Waals surface area contributed by atoms with E-state index in [0.29, 0.717) is 15.2 Å². The number of ether oxygens (including phenoxy) is 2. The minimum atomic E-state index is -1.07. The van der Waals surface area contributed by atoms with Gasteiger partial charge in [-0.05, 0) is 47.1 Å². The molecule has 0 saturated carbocycles. The fourth-order valence-corrected chi connectivity index (χ4v) is 2.63. The second kappa shape index (κ2) is 8.51. The summed E-state index contributed by atoms with van der Waals surface area (Å²) in [4.78, 5) is 28.3. The first-order chi connectivity index (χ1) is 11.8. The quantitative estimate of drug-likeness (QED) is 0.689. The number of carbonyl (C=O) groups is 2. The van der Waals surface area contributed by atoms with Crippen LogP contribution in [0.25, 0.3) is 0 Å². The van der Waals surface area contributed by atoms with Gasteiger partial charge in [0.1, 0.15) is 5.75 Å². The lowest BCUT2D eigenvalue weighted by molar-refractivity contribution is -0.123. The molecule has 6 nitrogen and oxygen atoms in total. The largest absolute Gasteiger partial charge is 0.497 e. The first-order valence-corrected chi connectivity index (χ1v) is 8.53. The molecule has 0 fully saturated rings. The summed E-state index contributed by atoms with van der Waals surface area (Å²) in [5.41, 5.74) is 0.238. The van der Waals surface area contributed by atoms with Crippen LogP contribution in [0.3, 0.4) is 0 Å². The van der Waals surface area contributed by atoms with Crippen molar-refractivity contribution in [1.29, 1.82) is 0 Å². The number of hydrogen-bond donors (Lipinski definition) is 1. The van der Waals surface area contributed by atoms with Gasteiger partial charge in [0.15, 0.2) is 11.9 Å². The van der Waals surface area contributed by atoms with E-state index in [2.05, 4.69) is 26.2 Å². The van der Waals surface area contributed by atoms with Crippen molar-refractivity contribution in [2.75, 3.05) is 12.4 Å². The Morgan fingerprint density at radius 1 is 1.28 bits per heavy atom. The molecule has 0 aliphatic rings. The van der Waals surface area contributed by atoms with Crippen molar-refractivity contribution in [2.24, 2.45) is 0 Å². The second-order valence-corrected chi connectivity index (χ2v) is 6.56. The molecule has 2 rings (SSSR count). The molecule has 1 aromatic carbocycles. The number of amides is 1. The molecule has 1 unspecified atom stereocenters. The third-order valence-electron chi connectivity index (χ3n) is 3.10. The molecular formula is C16H13BrCl2N2O4. The molecule has 1 amide bonds. The van der Waals surface area contributed by atoms with Crippen LogP contribution in [0.2, 0.25) is 10.0 Å². The van der Waals surface area contributed by atoms with Gasteiger partial charge in [0, 0.05) is 10.7 Å². The third kappa shape index (κ3) is 5.07. The lowest BCUT2D eigenvalue weighted by Crippen LogP contribution is -2.30. The number of halogens is 3. The summed E-state index contributed by atoms with van der Waals surface area (Å²) in [6.07, 6.45) is 0.270. The van der Waals surface area contributed by atoms with E-state index in [9.17, 15) is 9.59 Å². The second-order valence-electron chi connectivity index (χ2n) is 4.87. The average molecular weight is 448 g/mol. The van der Waals surface area contributed by atoms with E-state index in [-0.39, 0.29) is 16.4 Å². The Morgan fingerprint density at radius 3 is 2.64 bits per heavy atom. The standard InChI is InChI=1S/C16H13BrCl2N2O4/c1-8(15(22)21-14-13(19)5-9(18)7-20-14)25-16(23)11-6-10(24-2)3-4-12(11)17/h3-8H,1-2H3,(H,20,21,22). The normalized spacial score (nSPS) is 11.6. The van der Waals surface area contributed by atoms with E-state index >= 15 is 0 Å². The smallest absolute Gasteiger partial charge is 0.340 e. The van der Waals surface area contributed by atoms with Crippen LogP contribution in [0.5, 0.6) is 5.75 Å². The van der Waals surface area contributed by atoms with Gasteiger partial charge in [-0.1, -0.05) is 23.2 Å². The summed E-state index contributed by atoms with van der Waals surface area (Å²) in [5.74, 6) is -0.640. The number of hydrogen-bond acceptors (Lipinski definition) is 5. The Kier molecular flexibility index (Phi) is 6.64. The number of methoxy groups -OCH3 is 1. The summed E-state index contributed by atoms with van der Waals surface area (Å²) >= 11 is 15.0.